The maximum atomic E-state index is 12.1. The molecule has 8 heteroatoms. The third-order valence-corrected chi connectivity index (χ3v) is 3.90. The summed E-state index contributed by atoms with van der Waals surface area (Å²) in [6.45, 7) is 5.96. The number of aromatic nitrogens is 2. The molecule has 1 N–H and O–H groups in total. The first-order chi connectivity index (χ1) is 9.79. The Bertz CT molecular complexity index is 691. The van der Waals surface area contributed by atoms with Crippen LogP contribution in [0.25, 0.3) is 0 Å². The molecule has 7 nitrogen and oxygen atoms in total. The summed E-state index contributed by atoms with van der Waals surface area (Å²) in [5.41, 5.74) is -0.412. The van der Waals surface area contributed by atoms with Gasteiger partial charge < -0.3 is 0 Å². The summed E-state index contributed by atoms with van der Waals surface area (Å²) in [5, 5.41) is 22.5. The molecule has 0 spiro atoms. The molecule has 110 valence electrons. The van der Waals surface area contributed by atoms with E-state index in [9.17, 15) is 14.9 Å². The molecule has 2 rings (SSSR count). The summed E-state index contributed by atoms with van der Waals surface area (Å²) in [6, 6.07) is 5.77. The SMILES string of the molecule is CC(C)(C)c1nnc(NC(=O)c2ccccc2[N+](=O)[O-])s1. The summed E-state index contributed by atoms with van der Waals surface area (Å²) in [6.07, 6.45) is 0. The van der Waals surface area contributed by atoms with Gasteiger partial charge in [-0.3, -0.25) is 20.2 Å². The van der Waals surface area contributed by atoms with Gasteiger partial charge in [-0.2, -0.15) is 0 Å². The van der Waals surface area contributed by atoms with Crippen molar-refractivity contribution in [2.24, 2.45) is 0 Å². The lowest BCUT2D eigenvalue weighted by molar-refractivity contribution is -0.385. The molecule has 21 heavy (non-hydrogen) atoms. The van der Waals surface area contributed by atoms with E-state index in [-0.39, 0.29) is 16.7 Å². The fourth-order valence-electron chi connectivity index (χ4n) is 1.57. The number of hydrogen-bond acceptors (Lipinski definition) is 6. The Morgan fingerprint density at radius 2 is 1.95 bits per heavy atom. The molecule has 0 unspecified atom stereocenters. The van der Waals surface area contributed by atoms with Gasteiger partial charge in [0.15, 0.2) is 0 Å². The van der Waals surface area contributed by atoms with Crippen LogP contribution in [0, 0.1) is 10.1 Å². The highest BCUT2D eigenvalue weighted by Gasteiger charge is 2.23. The van der Waals surface area contributed by atoms with Crippen LogP contribution in [0.2, 0.25) is 0 Å². The van der Waals surface area contributed by atoms with Crippen LogP contribution in [0.1, 0.15) is 36.1 Å². The zero-order chi connectivity index (χ0) is 15.6. The number of anilines is 1. The molecular weight excluding hydrogens is 292 g/mol. The molecule has 0 saturated heterocycles. The normalized spacial score (nSPS) is 11.2. The van der Waals surface area contributed by atoms with Crippen molar-refractivity contribution in [3.63, 3.8) is 0 Å². The van der Waals surface area contributed by atoms with Crippen molar-refractivity contribution < 1.29 is 9.72 Å². The summed E-state index contributed by atoms with van der Waals surface area (Å²) >= 11 is 1.25. The monoisotopic (exact) mass is 306 g/mol. The Morgan fingerprint density at radius 1 is 1.29 bits per heavy atom. The molecule has 2 aromatic rings. The molecule has 0 aliphatic carbocycles. The van der Waals surface area contributed by atoms with Gasteiger partial charge in [0, 0.05) is 11.5 Å². The number of carbonyl (C=O) groups is 1. The lowest BCUT2D eigenvalue weighted by Gasteiger charge is -2.12. The number of rotatable bonds is 3. The minimum absolute atomic E-state index is 0.00462. The van der Waals surface area contributed by atoms with E-state index in [4.69, 9.17) is 0 Å². The van der Waals surface area contributed by atoms with E-state index in [1.807, 2.05) is 20.8 Å². The Labute approximate surface area is 125 Å². The highest BCUT2D eigenvalue weighted by atomic mass is 32.1. The van der Waals surface area contributed by atoms with Gasteiger partial charge in [-0.1, -0.05) is 44.2 Å². The van der Waals surface area contributed by atoms with Gasteiger partial charge in [-0.05, 0) is 6.07 Å². The number of nitrogens with one attached hydrogen (secondary N) is 1. The number of nitro benzene ring substituents is 1. The van der Waals surface area contributed by atoms with Gasteiger partial charge in [0.1, 0.15) is 10.6 Å². The highest BCUT2D eigenvalue weighted by molar-refractivity contribution is 7.15. The van der Waals surface area contributed by atoms with Crippen LogP contribution >= 0.6 is 11.3 Å². The van der Waals surface area contributed by atoms with Crippen LogP contribution in [0.3, 0.4) is 0 Å². The minimum Gasteiger partial charge on any atom is -0.296 e. The molecule has 1 heterocycles. The molecule has 0 fully saturated rings. The number of hydrogen-bond donors (Lipinski definition) is 1. The minimum atomic E-state index is -0.588. The fourth-order valence-corrected chi connectivity index (χ4v) is 2.36. The van der Waals surface area contributed by atoms with Crippen molar-refractivity contribution in [1.82, 2.24) is 10.2 Å². The smallest absolute Gasteiger partial charge is 0.282 e. The Kier molecular flexibility index (Phi) is 3.99. The molecular formula is C13H14N4O3S. The van der Waals surface area contributed by atoms with Crippen molar-refractivity contribution in [2.75, 3.05) is 5.32 Å². The van der Waals surface area contributed by atoms with Gasteiger partial charge in [0.05, 0.1) is 4.92 Å². The Hall–Kier alpha value is -2.35. The van der Waals surface area contributed by atoms with Crippen molar-refractivity contribution in [3.8, 4) is 0 Å². The van der Waals surface area contributed by atoms with Gasteiger partial charge in [0.25, 0.3) is 11.6 Å². The average Bonchev–Trinajstić information content (AvgIpc) is 2.87. The van der Waals surface area contributed by atoms with Crippen LogP contribution in [0.4, 0.5) is 10.8 Å². The van der Waals surface area contributed by atoms with Gasteiger partial charge >= 0.3 is 0 Å². The molecule has 0 bridgehead atoms. The summed E-state index contributed by atoms with van der Waals surface area (Å²) in [7, 11) is 0. The van der Waals surface area contributed by atoms with Crippen molar-refractivity contribution in [2.45, 2.75) is 26.2 Å². The largest absolute Gasteiger partial charge is 0.296 e. The summed E-state index contributed by atoms with van der Waals surface area (Å²) < 4.78 is 0. The van der Waals surface area contributed by atoms with Crippen molar-refractivity contribution >= 4 is 28.1 Å². The number of amides is 1. The second kappa shape index (κ2) is 5.57. The number of nitrogens with zero attached hydrogens (tertiary/aromatic N) is 3. The molecule has 0 radical (unpaired) electrons. The lowest BCUT2D eigenvalue weighted by Crippen LogP contribution is -2.13. The number of nitro groups is 1. The maximum absolute atomic E-state index is 12.1. The third kappa shape index (κ3) is 3.40. The topological polar surface area (TPSA) is 98.0 Å². The first kappa shape index (κ1) is 15.0. The molecule has 1 aromatic heterocycles. The zero-order valence-electron chi connectivity index (χ0n) is 11.8. The molecule has 0 aliphatic heterocycles. The Balaban J connectivity index is 2.23. The first-order valence-electron chi connectivity index (χ1n) is 6.18. The van der Waals surface area contributed by atoms with Crippen LogP contribution in [-0.4, -0.2) is 21.0 Å². The second-order valence-electron chi connectivity index (χ2n) is 5.39. The molecule has 0 atom stereocenters. The molecule has 0 saturated carbocycles. The van der Waals surface area contributed by atoms with Gasteiger partial charge in [0.2, 0.25) is 5.13 Å². The number of para-hydroxylation sites is 1. The van der Waals surface area contributed by atoms with Gasteiger partial charge in [-0.25, -0.2) is 0 Å². The predicted molar refractivity (Wildman–Crippen MR) is 79.7 cm³/mol. The number of benzene rings is 1. The first-order valence-corrected chi connectivity index (χ1v) is 6.99. The van der Waals surface area contributed by atoms with E-state index < -0.39 is 10.8 Å². The highest BCUT2D eigenvalue weighted by Crippen LogP contribution is 2.28. The van der Waals surface area contributed by atoms with Crippen LogP contribution in [0.5, 0.6) is 0 Å². The lowest BCUT2D eigenvalue weighted by atomic mass is 9.98. The molecule has 1 aromatic carbocycles. The van der Waals surface area contributed by atoms with Crippen LogP contribution in [0.15, 0.2) is 24.3 Å². The van der Waals surface area contributed by atoms with E-state index in [1.54, 1.807) is 6.07 Å². The van der Waals surface area contributed by atoms with Crippen LogP contribution < -0.4 is 5.32 Å². The molecule has 0 aliphatic rings. The van der Waals surface area contributed by atoms with E-state index in [2.05, 4.69) is 15.5 Å². The quantitative estimate of drug-likeness (QED) is 0.694. The summed E-state index contributed by atoms with van der Waals surface area (Å²) in [5.74, 6) is -0.570. The van der Waals surface area contributed by atoms with Crippen LogP contribution in [-0.2, 0) is 5.41 Å². The van der Waals surface area contributed by atoms with Crippen molar-refractivity contribution in [1.29, 1.82) is 0 Å². The van der Waals surface area contributed by atoms with E-state index in [0.717, 1.165) is 5.01 Å². The average molecular weight is 306 g/mol. The standard InChI is InChI=1S/C13H14N4O3S/c1-13(2,3)11-15-16-12(21-11)14-10(18)8-6-4-5-7-9(8)17(19)20/h4-7H,1-3H3,(H,14,16,18). The van der Waals surface area contributed by atoms with Gasteiger partial charge in [-0.15, -0.1) is 10.2 Å². The van der Waals surface area contributed by atoms with E-state index in [1.165, 1.54) is 29.5 Å². The summed E-state index contributed by atoms with van der Waals surface area (Å²) in [4.78, 5) is 22.4. The van der Waals surface area contributed by atoms with Crippen molar-refractivity contribution in [3.05, 3.63) is 45.0 Å². The Morgan fingerprint density at radius 3 is 2.52 bits per heavy atom. The number of carbonyl (C=O) groups excluding carboxylic acids is 1. The zero-order valence-corrected chi connectivity index (χ0v) is 12.6. The molecule has 1 amide bonds. The van der Waals surface area contributed by atoms with E-state index in [0.29, 0.717) is 5.13 Å². The van der Waals surface area contributed by atoms with E-state index >= 15 is 0 Å². The fraction of sp³-hybridized carbons (Fsp3) is 0.308. The maximum Gasteiger partial charge on any atom is 0.282 e. The third-order valence-electron chi connectivity index (χ3n) is 2.63. The predicted octanol–water partition coefficient (Wildman–Crippen LogP) is 3.00. The second-order valence-corrected chi connectivity index (χ2v) is 6.37.